The number of nitrogens with two attached hydrogens (primary N) is 2. The summed E-state index contributed by atoms with van der Waals surface area (Å²) in [6.07, 6.45) is 2.50. The number of hydrogen-bond acceptors (Lipinski definition) is 8. The molecule has 1 heterocycles. The first-order valence-electron chi connectivity index (χ1n) is 10.2. The van der Waals surface area contributed by atoms with E-state index in [-0.39, 0.29) is 17.7 Å². The third-order valence-electron chi connectivity index (χ3n) is 4.79. The second kappa shape index (κ2) is 13.8. The molecule has 0 radical (unpaired) electrons. The Morgan fingerprint density at radius 3 is 2.19 bits per heavy atom. The van der Waals surface area contributed by atoms with E-state index in [1.165, 1.54) is 0 Å². The van der Waals surface area contributed by atoms with Crippen LogP contribution in [0.4, 0.5) is 0 Å². The summed E-state index contributed by atoms with van der Waals surface area (Å²) in [5.41, 5.74) is 10.5. The highest BCUT2D eigenvalue weighted by Crippen LogP contribution is 2.08. The van der Waals surface area contributed by atoms with E-state index in [0.29, 0.717) is 32.2 Å². The number of hydrogen-bond donors (Lipinski definition) is 8. The first kappa shape index (κ1) is 26.7. The van der Waals surface area contributed by atoms with Crippen molar-refractivity contribution >= 4 is 42.2 Å². The van der Waals surface area contributed by atoms with E-state index < -0.39 is 48.2 Å². The SMILES string of the molecule is NCCCCC(NC(=O)C1CCCN1)C(=O)NC(CS)C(=O)NC(CC(N)=O)C(=O)O. The zero-order chi connectivity index (χ0) is 23.4. The number of amides is 4. The van der Waals surface area contributed by atoms with E-state index >= 15 is 0 Å². The molecule has 4 atom stereocenters. The van der Waals surface area contributed by atoms with Crippen LogP contribution in [0.2, 0.25) is 0 Å². The molecule has 0 aromatic rings. The summed E-state index contributed by atoms with van der Waals surface area (Å²) < 4.78 is 0. The number of carboxylic acids is 1. The molecule has 4 unspecified atom stereocenters. The van der Waals surface area contributed by atoms with Crippen molar-refractivity contribution in [3.63, 3.8) is 0 Å². The van der Waals surface area contributed by atoms with Crippen LogP contribution < -0.4 is 32.7 Å². The van der Waals surface area contributed by atoms with Gasteiger partial charge in [0.2, 0.25) is 23.6 Å². The Morgan fingerprint density at radius 1 is 1.03 bits per heavy atom. The molecule has 12 nitrogen and oxygen atoms in total. The van der Waals surface area contributed by atoms with Gasteiger partial charge in [0.05, 0.1) is 12.5 Å². The fourth-order valence-electron chi connectivity index (χ4n) is 3.08. The predicted octanol–water partition coefficient (Wildman–Crippen LogP) is -2.79. The Kier molecular flexibility index (Phi) is 11.9. The highest BCUT2D eigenvalue weighted by molar-refractivity contribution is 7.80. The second-order valence-corrected chi connectivity index (χ2v) is 7.67. The average molecular weight is 461 g/mol. The zero-order valence-corrected chi connectivity index (χ0v) is 18.2. The minimum absolute atomic E-state index is 0.131. The Hall–Kier alpha value is -2.38. The monoisotopic (exact) mass is 460 g/mol. The predicted molar refractivity (Wildman–Crippen MR) is 115 cm³/mol. The number of carboxylic acid groups (broad SMARTS) is 1. The van der Waals surface area contributed by atoms with E-state index in [1.54, 1.807) is 0 Å². The van der Waals surface area contributed by atoms with Gasteiger partial charge in [0.15, 0.2) is 0 Å². The Bertz CT molecular complexity index is 657. The number of rotatable bonds is 14. The molecule has 1 saturated heterocycles. The number of unbranched alkanes of at least 4 members (excludes halogenated alkanes) is 1. The molecule has 1 aliphatic heterocycles. The van der Waals surface area contributed by atoms with Gasteiger partial charge in [-0.1, -0.05) is 0 Å². The molecule has 0 spiro atoms. The Labute approximate surface area is 186 Å². The van der Waals surface area contributed by atoms with Crippen LogP contribution in [0.5, 0.6) is 0 Å². The van der Waals surface area contributed by atoms with Gasteiger partial charge in [-0.05, 0) is 45.2 Å². The first-order valence-corrected chi connectivity index (χ1v) is 10.8. The van der Waals surface area contributed by atoms with Gasteiger partial charge in [0.1, 0.15) is 18.1 Å². The van der Waals surface area contributed by atoms with E-state index in [2.05, 4.69) is 33.9 Å². The maximum absolute atomic E-state index is 12.8. The Morgan fingerprint density at radius 2 is 1.68 bits per heavy atom. The standard InChI is InChI=1S/C18H32N6O6S/c19-6-2-1-4-11(22-15(26)10-5-3-7-21-10)16(27)24-13(9-31)17(28)23-12(18(29)30)8-14(20)25/h10-13,21,31H,1-9,19H2,(H2,20,25)(H,22,26)(H,23,28)(H,24,27)(H,29,30). The van der Waals surface area contributed by atoms with Crippen molar-refractivity contribution in [3.05, 3.63) is 0 Å². The fraction of sp³-hybridized carbons (Fsp3) is 0.722. The van der Waals surface area contributed by atoms with E-state index in [9.17, 15) is 24.0 Å². The van der Waals surface area contributed by atoms with Gasteiger partial charge in [-0.15, -0.1) is 0 Å². The summed E-state index contributed by atoms with van der Waals surface area (Å²) in [6, 6.07) is -3.97. The minimum Gasteiger partial charge on any atom is -0.480 e. The lowest BCUT2D eigenvalue weighted by Crippen LogP contribution is -2.57. The van der Waals surface area contributed by atoms with Crippen LogP contribution in [0.1, 0.15) is 38.5 Å². The second-order valence-electron chi connectivity index (χ2n) is 7.31. The summed E-state index contributed by atoms with van der Waals surface area (Å²) in [5.74, 6) is -4.20. The molecule has 1 aliphatic rings. The summed E-state index contributed by atoms with van der Waals surface area (Å²) >= 11 is 4.04. The molecular formula is C18H32N6O6S. The fourth-order valence-corrected chi connectivity index (χ4v) is 3.34. The van der Waals surface area contributed by atoms with Crippen LogP contribution in [0, 0.1) is 0 Å². The Balaban J connectivity index is 2.78. The maximum atomic E-state index is 12.8. The highest BCUT2D eigenvalue weighted by atomic mass is 32.1. The average Bonchev–Trinajstić information content (AvgIpc) is 3.25. The number of thiol groups is 1. The van der Waals surface area contributed by atoms with Crippen molar-refractivity contribution in [2.45, 2.75) is 62.7 Å². The van der Waals surface area contributed by atoms with Crippen molar-refractivity contribution in [1.82, 2.24) is 21.3 Å². The normalized spacial score (nSPS) is 18.5. The molecule has 0 aromatic heterocycles. The van der Waals surface area contributed by atoms with Gasteiger partial charge in [0.25, 0.3) is 0 Å². The molecule has 0 saturated carbocycles. The molecule has 0 aromatic carbocycles. The van der Waals surface area contributed by atoms with Gasteiger partial charge in [-0.3, -0.25) is 19.2 Å². The quantitative estimate of drug-likeness (QED) is 0.100. The molecule has 4 amide bonds. The van der Waals surface area contributed by atoms with Crippen LogP contribution in [0.3, 0.4) is 0 Å². The molecule has 9 N–H and O–H groups in total. The lowest BCUT2D eigenvalue weighted by atomic mass is 10.1. The van der Waals surface area contributed by atoms with Crippen molar-refractivity contribution < 1.29 is 29.1 Å². The van der Waals surface area contributed by atoms with Gasteiger partial charge in [-0.2, -0.15) is 12.6 Å². The van der Waals surface area contributed by atoms with Crippen LogP contribution in [-0.4, -0.2) is 77.7 Å². The van der Waals surface area contributed by atoms with Gasteiger partial charge in [-0.25, -0.2) is 4.79 Å². The first-order chi connectivity index (χ1) is 14.7. The molecule has 13 heteroatoms. The van der Waals surface area contributed by atoms with E-state index in [4.69, 9.17) is 16.6 Å². The van der Waals surface area contributed by atoms with E-state index in [1.807, 2.05) is 0 Å². The molecule has 1 rings (SSSR count). The largest absolute Gasteiger partial charge is 0.480 e. The van der Waals surface area contributed by atoms with Crippen LogP contribution in [0.15, 0.2) is 0 Å². The molecule has 176 valence electrons. The number of primary amides is 1. The third kappa shape index (κ3) is 9.53. The summed E-state index contributed by atoms with van der Waals surface area (Å²) in [5, 5.41) is 19.5. The molecule has 1 fully saturated rings. The molecular weight excluding hydrogens is 428 g/mol. The van der Waals surface area contributed by atoms with Crippen molar-refractivity contribution in [2.24, 2.45) is 11.5 Å². The van der Waals surface area contributed by atoms with Crippen LogP contribution >= 0.6 is 12.6 Å². The zero-order valence-electron chi connectivity index (χ0n) is 17.3. The molecule has 31 heavy (non-hydrogen) atoms. The lowest BCUT2D eigenvalue weighted by molar-refractivity contribution is -0.143. The van der Waals surface area contributed by atoms with Gasteiger partial charge >= 0.3 is 5.97 Å². The minimum atomic E-state index is -1.53. The van der Waals surface area contributed by atoms with Gasteiger partial charge in [0, 0.05) is 5.75 Å². The maximum Gasteiger partial charge on any atom is 0.326 e. The van der Waals surface area contributed by atoms with E-state index in [0.717, 1.165) is 13.0 Å². The topological polar surface area (TPSA) is 206 Å². The van der Waals surface area contributed by atoms with Crippen molar-refractivity contribution in [1.29, 1.82) is 0 Å². The summed E-state index contributed by atoms with van der Waals surface area (Å²) in [7, 11) is 0. The number of carbonyl (C=O) groups is 5. The summed E-state index contributed by atoms with van der Waals surface area (Å²) in [4.78, 5) is 59.8. The summed E-state index contributed by atoms with van der Waals surface area (Å²) in [6.45, 7) is 1.16. The van der Waals surface area contributed by atoms with Crippen LogP contribution in [-0.2, 0) is 24.0 Å². The smallest absolute Gasteiger partial charge is 0.326 e. The van der Waals surface area contributed by atoms with Crippen molar-refractivity contribution in [3.8, 4) is 0 Å². The number of carbonyl (C=O) groups excluding carboxylic acids is 4. The molecule has 0 bridgehead atoms. The highest BCUT2D eigenvalue weighted by Gasteiger charge is 2.31. The number of nitrogens with one attached hydrogen (secondary N) is 4. The van der Waals surface area contributed by atoms with Crippen LogP contribution in [0.25, 0.3) is 0 Å². The third-order valence-corrected chi connectivity index (χ3v) is 5.16. The van der Waals surface area contributed by atoms with Gasteiger partial charge < -0.3 is 37.8 Å². The lowest BCUT2D eigenvalue weighted by Gasteiger charge is -2.24. The number of aliphatic carboxylic acids is 1. The van der Waals surface area contributed by atoms with Crippen molar-refractivity contribution in [2.75, 3.05) is 18.8 Å². The molecule has 0 aliphatic carbocycles.